The van der Waals surface area contributed by atoms with Crippen molar-refractivity contribution in [3.8, 4) is 0 Å². The van der Waals surface area contributed by atoms with E-state index in [-0.39, 0.29) is 0 Å². The minimum atomic E-state index is 0.601. The lowest BCUT2D eigenvalue weighted by Crippen LogP contribution is -1.96. The average molecular weight is 186 g/mol. The van der Waals surface area contributed by atoms with E-state index in [0.29, 0.717) is 11.4 Å². The summed E-state index contributed by atoms with van der Waals surface area (Å²) in [5.41, 5.74) is 13.6. The zero-order valence-corrected chi connectivity index (χ0v) is 7.98. The molecule has 0 fully saturated rings. The first-order valence-electron chi connectivity index (χ1n) is 4.35. The monoisotopic (exact) mass is 186 g/mol. The molecule has 0 aliphatic carbocycles. The molecule has 0 bridgehead atoms. The second-order valence-corrected chi connectivity index (χ2v) is 2.86. The average Bonchev–Trinajstić information content (AvgIpc) is 2.26. The van der Waals surface area contributed by atoms with Crippen LogP contribution < -0.4 is 11.5 Å². The van der Waals surface area contributed by atoms with Gasteiger partial charge in [0.25, 0.3) is 0 Å². The maximum Gasteiger partial charge on any atom is 0.0388 e. The summed E-state index contributed by atoms with van der Waals surface area (Å²) in [5, 5.41) is 0. The first-order valence-corrected chi connectivity index (χ1v) is 4.35. The van der Waals surface area contributed by atoms with E-state index in [1.54, 1.807) is 18.2 Å². The van der Waals surface area contributed by atoms with E-state index in [9.17, 15) is 0 Å². The fraction of sp³-hybridized carbons (Fsp3) is 0. The van der Waals surface area contributed by atoms with Gasteiger partial charge in [0, 0.05) is 11.4 Å². The van der Waals surface area contributed by atoms with Crippen molar-refractivity contribution in [2.45, 2.75) is 0 Å². The molecular formula is C12H14N2. The van der Waals surface area contributed by atoms with Gasteiger partial charge in [-0.15, -0.1) is 0 Å². The van der Waals surface area contributed by atoms with Gasteiger partial charge in [0.05, 0.1) is 0 Å². The summed E-state index contributed by atoms with van der Waals surface area (Å²) < 4.78 is 0. The maximum atomic E-state index is 5.82. The van der Waals surface area contributed by atoms with Gasteiger partial charge >= 0.3 is 0 Å². The molecule has 0 atom stereocenters. The number of allylic oxidation sites excluding steroid dienone is 3. The molecule has 0 unspecified atom stereocenters. The van der Waals surface area contributed by atoms with Gasteiger partial charge in [-0.1, -0.05) is 36.9 Å². The Morgan fingerprint density at radius 3 is 2.29 bits per heavy atom. The standard InChI is InChI=1S/C12H14N2/c1-2-11(13)8-9-12(14)10-6-4-3-5-7-10/h2-9H,1,13-14H2/b11-8-,12-9-. The van der Waals surface area contributed by atoms with E-state index in [1.165, 1.54) is 0 Å². The highest BCUT2D eigenvalue weighted by atomic mass is 14.6. The maximum absolute atomic E-state index is 5.82. The first kappa shape index (κ1) is 10.1. The summed E-state index contributed by atoms with van der Waals surface area (Å²) in [7, 11) is 0. The Labute approximate surface area is 84.2 Å². The predicted molar refractivity (Wildman–Crippen MR) is 61.1 cm³/mol. The van der Waals surface area contributed by atoms with Crippen molar-refractivity contribution in [3.63, 3.8) is 0 Å². The Morgan fingerprint density at radius 1 is 1.07 bits per heavy atom. The van der Waals surface area contributed by atoms with Gasteiger partial charge < -0.3 is 11.5 Å². The predicted octanol–water partition coefficient (Wildman–Crippen LogP) is 2.01. The normalized spacial score (nSPS) is 12.6. The van der Waals surface area contributed by atoms with Gasteiger partial charge in [0.1, 0.15) is 0 Å². The lowest BCUT2D eigenvalue weighted by atomic mass is 10.1. The van der Waals surface area contributed by atoms with E-state index in [0.717, 1.165) is 5.56 Å². The van der Waals surface area contributed by atoms with Crippen LogP contribution in [0, 0.1) is 0 Å². The van der Waals surface area contributed by atoms with Gasteiger partial charge in [0.2, 0.25) is 0 Å². The summed E-state index contributed by atoms with van der Waals surface area (Å²) >= 11 is 0. The smallest absolute Gasteiger partial charge is 0.0388 e. The fourth-order valence-electron chi connectivity index (χ4n) is 0.981. The third-order valence-electron chi connectivity index (χ3n) is 1.80. The second-order valence-electron chi connectivity index (χ2n) is 2.86. The number of benzene rings is 1. The van der Waals surface area contributed by atoms with Crippen LogP contribution in [0.25, 0.3) is 5.70 Å². The van der Waals surface area contributed by atoms with Crippen LogP contribution in [-0.4, -0.2) is 0 Å². The highest BCUT2D eigenvalue weighted by Crippen LogP contribution is 2.07. The molecule has 0 saturated heterocycles. The van der Waals surface area contributed by atoms with Crippen molar-refractivity contribution in [3.05, 3.63) is 66.4 Å². The van der Waals surface area contributed by atoms with Gasteiger partial charge in [0.15, 0.2) is 0 Å². The van der Waals surface area contributed by atoms with Crippen LogP contribution in [0.5, 0.6) is 0 Å². The van der Waals surface area contributed by atoms with Gasteiger partial charge in [-0.3, -0.25) is 0 Å². The highest BCUT2D eigenvalue weighted by molar-refractivity contribution is 5.64. The van der Waals surface area contributed by atoms with Gasteiger partial charge in [-0.25, -0.2) is 0 Å². The molecule has 0 amide bonds. The molecule has 1 aromatic carbocycles. The molecule has 0 radical (unpaired) electrons. The second kappa shape index (κ2) is 4.92. The fourth-order valence-corrected chi connectivity index (χ4v) is 0.981. The van der Waals surface area contributed by atoms with Crippen LogP contribution >= 0.6 is 0 Å². The van der Waals surface area contributed by atoms with Crippen LogP contribution in [-0.2, 0) is 0 Å². The zero-order chi connectivity index (χ0) is 10.4. The molecule has 72 valence electrons. The Morgan fingerprint density at radius 2 is 1.71 bits per heavy atom. The molecular weight excluding hydrogens is 172 g/mol. The van der Waals surface area contributed by atoms with E-state index in [1.807, 2.05) is 30.3 Å². The van der Waals surface area contributed by atoms with Crippen molar-refractivity contribution in [2.24, 2.45) is 11.5 Å². The molecule has 0 aliphatic rings. The Kier molecular flexibility index (Phi) is 3.56. The van der Waals surface area contributed by atoms with Crippen molar-refractivity contribution < 1.29 is 0 Å². The van der Waals surface area contributed by atoms with Crippen LogP contribution in [0.3, 0.4) is 0 Å². The van der Waals surface area contributed by atoms with Crippen LogP contribution in [0.4, 0.5) is 0 Å². The molecule has 1 rings (SSSR count). The van der Waals surface area contributed by atoms with Gasteiger partial charge in [-0.2, -0.15) is 0 Å². The molecule has 4 N–H and O–H groups in total. The lowest BCUT2D eigenvalue weighted by molar-refractivity contribution is 1.42. The van der Waals surface area contributed by atoms with E-state index < -0.39 is 0 Å². The minimum absolute atomic E-state index is 0.601. The number of rotatable bonds is 3. The largest absolute Gasteiger partial charge is 0.399 e. The van der Waals surface area contributed by atoms with Crippen molar-refractivity contribution in [1.29, 1.82) is 0 Å². The Hall–Kier alpha value is -1.96. The summed E-state index contributed by atoms with van der Waals surface area (Å²) in [6, 6.07) is 9.73. The summed E-state index contributed by atoms with van der Waals surface area (Å²) in [6.07, 6.45) is 5.08. The molecule has 0 aromatic heterocycles. The van der Waals surface area contributed by atoms with Crippen molar-refractivity contribution >= 4 is 5.70 Å². The number of hydrogen-bond acceptors (Lipinski definition) is 2. The minimum Gasteiger partial charge on any atom is -0.399 e. The van der Waals surface area contributed by atoms with Crippen LogP contribution in [0.1, 0.15) is 5.56 Å². The zero-order valence-electron chi connectivity index (χ0n) is 7.98. The number of nitrogens with two attached hydrogens (primary N) is 2. The molecule has 14 heavy (non-hydrogen) atoms. The van der Waals surface area contributed by atoms with Crippen molar-refractivity contribution in [1.82, 2.24) is 0 Å². The topological polar surface area (TPSA) is 52.0 Å². The summed E-state index contributed by atoms with van der Waals surface area (Å²) in [4.78, 5) is 0. The van der Waals surface area contributed by atoms with Gasteiger partial charge in [-0.05, 0) is 23.8 Å². The highest BCUT2D eigenvalue weighted by Gasteiger charge is 1.91. The SMILES string of the molecule is C=C/C(N)=C/C=C(\N)c1ccccc1. The molecule has 2 heteroatoms. The van der Waals surface area contributed by atoms with Crippen LogP contribution in [0.2, 0.25) is 0 Å². The van der Waals surface area contributed by atoms with Crippen molar-refractivity contribution in [2.75, 3.05) is 0 Å². The summed E-state index contributed by atoms with van der Waals surface area (Å²) in [6.45, 7) is 3.55. The van der Waals surface area contributed by atoms with Crippen LogP contribution in [0.15, 0.2) is 60.8 Å². The third-order valence-corrected chi connectivity index (χ3v) is 1.80. The molecule has 0 saturated carbocycles. The third kappa shape index (κ3) is 2.83. The molecule has 1 aromatic rings. The van der Waals surface area contributed by atoms with E-state index in [2.05, 4.69) is 6.58 Å². The summed E-state index contributed by atoms with van der Waals surface area (Å²) in [5.74, 6) is 0. The van der Waals surface area contributed by atoms with E-state index in [4.69, 9.17) is 11.5 Å². The lowest BCUT2D eigenvalue weighted by Gasteiger charge is -1.98. The Balaban J connectivity index is 2.86. The Bertz CT molecular complexity index is 361. The quantitative estimate of drug-likeness (QED) is 0.709. The molecule has 2 nitrogen and oxygen atoms in total. The molecule has 0 heterocycles. The first-order chi connectivity index (χ1) is 6.74. The molecule has 0 spiro atoms. The molecule has 0 aliphatic heterocycles. The number of hydrogen-bond donors (Lipinski definition) is 2. The van der Waals surface area contributed by atoms with E-state index >= 15 is 0 Å².